The number of amides is 1. The van der Waals surface area contributed by atoms with Crippen LogP contribution < -0.4 is 5.32 Å². The summed E-state index contributed by atoms with van der Waals surface area (Å²) in [5, 5.41) is 3.04. The minimum Gasteiger partial charge on any atom is -0.351 e. The van der Waals surface area contributed by atoms with Crippen molar-refractivity contribution in [1.29, 1.82) is 0 Å². The second-order valence-electron chi connectivity index (χ2n) is 6.91. The molecule has 0 atom stereocenters. The second kappa shape index (κ2) is 6.75. The monoisotopic (exact) mass is 345 g/mol. The lowest BCUT2D eigenvalue weighted by Gasteiger charge is -2.17. The molecule has 130 valence electrons. The average Bonchev–Trinajstić information content (AvgIpc) is 3.49. The van der Waals surface area contributed by atoms with Crippen LogP contribution in [0.15, 0.2) is 78.9 Å². The molecule has 0 bridgehead atoms. The number of hydrogen-bond donors (Lipinski definition) is 1. The second-order valence-corrected chi connectivity index (χ2v) is 6.91. The molecule has 3 aromatic rings. The zero-order valence-electron chi connectivity index (χ0n) is 14.4. The van der Waals surface area contributed by atoms with Crippen LogP contribution in [0.5, 0.6) is 0 Å². The topological polar surface area (TPSA) is 29.1 Å². The molecule has 0 spiro atoms. The molecule has 3 heteroatoms. The maximum absolute atomic E-state index is 13.1. The summed E-state index contributed by atoms with van der Waals surface area (Å²) in [5.74, 6) is -0.301. The van der Waals surface area contributed by atoms with Gasteiger partial charge in [0.25, 0.3) is 5.91 Å². The molecule has 0 aromatic heterocycles. The molecular weight excluding hydrogens is 325 g/mol. The maximum atomic E-state index is 13.1. The summed E-state index contributed by atoms with van der Waals surface area (Å²) in [5.41, 5.74) is 3.94. The van der Waals surface area contributed by atoms with Gasteiger partial charge in [-0.05, 0) is 53.8 Å². The van der Waals surface area contributed by atoms with Crippen LogP contribution in [0.3, 0.4) is 0 Å². The molecule has 0 saturated heterocycles. The first kappa shape index (κ1) is 16.5. The number of carbonyl (C=O) groups excluding carboxylic acids is 1. The SMILES string of the molecule is O=C(NCC1(c2ccc(F)cc2)CC1)c1ccc(-c2ccccc2)cc1. The van der Waals surface area contributed by atoms with Gasteiger partial charge in [-0.2, -0.15) is 0 Å². The van der Waals surface area contributed by atoms with Crippen molar-refractivity contribution >= 4 is 5.91 Å². The molecule has 1 fully saturated rings. The number of nitrogens with one attached hydrogen (secondary N) is 1. The molecule has 4 rings (SSSR count). The van der Waals surface area contributed by atoms with E-state index in [-0.39, 0.29) is 17.1 Å². The van der Waals surface area contributed by atoms with Crippen molar-refractivity contribution in [3.05, 3.63) is 95.8 Å². The van der Waals surface area contributed by atoms with Crippen LogP contribution in [0.4, 0.5) is 4.39 Å². The fourth-order valence-corrected chi connectivity index (χ4v) is 3.32. The van der Waals surface area contributed by atoms with Crippen molar-refractivity contribution in [3.63, 3.8) is 0 Å². The number of hydrogen-bond acceptors (Lipinski definition) is 1. The largest absolute Gasteiger partial charge is 0.351 e. The van der Waals surface area contributed by atoms with Gasteiger partial charge >= 0.3 is 0 Å². The van der Waals surface area contributed by atoms with Crippen molar-refractivity contribution in [3.8, 4) is 11.1 Å². The Labute approximate surface area is 152 Å². The van der Waals surface area contributed by atoms with Gasteiger partial charge in [0, 0.05) is 17.5 Å². The Hall–Kier alpha value is -2.94. The van der Waals surface area contributed by atoms with Gasteiger partial charge in [0.2, 0.25) is 0 Å². The Morgan fingerprint density at radius 1 is 0.846 bits per heavy atom. The highest BCUT2D eigenvalue weighted by molar-refractivity contribution is 5.94. The van der Waals surface area contributed by atoms with E-state index in [9.17, 15) is 9.18 Å². The maximum Gasteiger partial charge on any atom is 0.251 e. The number of halogens is 1. The first-order valence-electron chi connectivity index (χ1n) is 8.86. The first-order chi connectivity index (χ1) is 12.7. The quantitative estimate of drug-likeness (QED) is 0.696. The molecule has 0 aliphatic heterocycles. The average molecular weight is 345 g/mol. The van der Waals surface area contributed by atoms with Crippen molar-refractivity contribution in [1.82, 2.24) is 5.32 Å². The zero-order chi connectivity index (χ0) is 18.0. The van der Waals surface area contributed by atoms with E-state index >= 15 is 0 Å². The van der Waals surface area contributed by atoms with Crippen molar-refractivity contribution in [2.75, 3.05) is 6.54 Å². The third kappa shape index (κ3) is 3.38. The van der Waals surface area contributed by atoms with E-state index in [1.807, 2.05) is 54.6 Å². The molecule has 0 heterocycles. The van der Waals surface area contributed by atoms with E-state index in [2.05, 4.69) is 17.4 Å². The standard InChI is InChI=1S/C23H20FNO/c24-21-12-10-20(11-13-21)23(14-15-23)16-25-22(26)19-8-6-18(7-9-19)17-4-2-1-3-5-17/h1-13H,14-16H2,(H,25,26). The minimum absolute atomic E-state index is 0.0344. The summed E-state index contributed by atoms with van der Waals surface area (Å²) in [6, 6.07) is 24.4. The van der Waals surface area contributed by atoms with Crippen molar-refractivity contribution in [2.24, 2.45) is 0 Å². The Morgan fingerprint density at radius 2 is 1.46 bits per heavy atom. The van der Waals surface area contributed by atoms with Crippen molar-refractivity contribution < 1.29 is 9.18 Å². The fraction of sp³-hybridized carbons (Fsp3) is 0.174. The Morgan fingerprint density at radius 3 is 2.08 bits per heavy atom. The van der Waals surface area contributed by atoms with E-state index in [1.165, 1.54) is 12.1 Å². The summed E-state index contributed by atoms with van der Waals surface area (Å²) >= 11 is 0. The third-order valence-electron chi connectivity index (χ3n) is 5.15. The number of carbonyl (C=O) groups is 1. The van der Waals surface area contributed by atoms with Crippen LogP contribution in [-0.2, 0) is 5.41 Å². The van der Waals surface area contributed by atoms with Crippen molar-refractivity contribution in [2.45, 2.75) is 18.3 Å². The summed E-state index contributed by atoms with van der Waals surface area (Å²) in [6.45, 7) is 0.581. The number of rotatable bonds is 5. The fourth-order valence-electron chi connectivity index (χ4n) is 3.32. The van der Waals surface area contributed by atoms with Crippen LogP contribution in [0.1, 0.15) is 28.8 Å². The van der Waals surface area contributed by atoms with Crippen LogP contribution in [0, 0.1) is 5.82 Å². The van der Waals surface area contributed by atoms with Gasteiger partial charge in [0.15, 0.2) is 0 Å². The molecular formula is C23H20FNO. The summed E-state index contributed by atoms with van der Waals surface area (Å²) in [6.07, 6.45) is 2.04. The zero-order valence-corrected chi connectivity index (χ0v) is 14.4. The smallest absolute Gasteiger partial charge is 0.251 e. The van der Waals surface area contributed by atoms with Crippen LogP contribution in [-0.4, -0.2) is 12.5 Å². The van der Waals surface area contributed by atoms with Crippen LogP contribution in [0.2, 0.25) is 0 Å². The summed E-state index contributed by atoms with van der Waals surface area (Å²) in [7, 11) is 0. The molecule has 0 unspecified atom stereocenters. The lowest BCUT2D eigenvalue weighted by molar-refractivity contribution is 0.0949. The lowest BCUT2D eigenvalue weighted by atomic mass is 9.95. The summed E-state index contributed by atoms with van der Waals surface area (Å²) in [4.78, 5) is 12.5. The van der Waals surface area contributed by atoms with Gasteiger partial charge in [-0.1, -0.05) is 54.6 Å². The van der Waals surface area contributed by atoms with Gasteiger partial charge in [-0.25, -0.2) is 4.39 Å². The first-order valence-corrected chi connectivity index (χ1v) is 8.86. The molecule has 26 heavy (non-hydrogen) atoms. The molecule has 0 radical (unpaired) electrons. The minimum atomic E-state index is -0.230. The number of benzene rings is 3. The highest BCUT2D eigenvalue weighted by atomic mass is 19.1. The van der Waals surface area contributed by atoms with Crippen LogP contribution >= 0.6 is 0 Å². The van der Waals surface area contributed by atoms with E-state index in [0.717, 1.165) is 29.5 Å². The highest BCUT2D eigenvalue weighted by Crippen LogP contribution is 2.47. The van der Waals surface area contributed by atoms with Gasteiger partial charge in [-0.15, -0.1) is 0 Å². The molecule has 3 aromatic carbocycles. The third-order valence-corrected chi connectivity index (χ3v) is 5.15. The molecule has 1 saturated carbocycles. The van der Waals surface area contributed by atoms with Crippen LogP contribution in [0.25, 0.3) is 11.1 Å². The predicted molar refractivity (Wildman–Crippen MR) is 102 cm³/mol. The molecule has 2 nitrogen and oxygen atoms in total. The predicted octanol–water partition coefficient (Wildman–Crippen LogP) is 4.95. The van der Waals surface area contributed by atoms with E-state index in [1.54, 1.807) is 0 Å². The van der Waals surface area contributed by atoms with Gasteiger partial charge in [0.05, 0.1) is 0 Å². The normalized spacial score (nSPS) is 14.7. The lowest BCUT2D eigenvalue weighted by Crippen LogP contribution is -2.32. The molecule has 1 amide bonds. The van der Waals surface area contributed by atoms with E-state index in [4.69, 9.17) is 0 Å². The van der Waals surface area contributed by atoms with Gasteiger partial charge in [-0.3, -0.25) is 4.79 Å². The van der Waals surface area contributed by atoms with E-state index < -0.39 is 0 Å². The molecule has 1 N–H and O–H groups in total. The Kier molecular flexibility index (Phi) is 4.29. The van der Waals surface area contributed by atoms with E-state index in [0.29, 0.717) is 12.1 Å². The van der Waals surface area contributed by atoms with Gasteiger partial charge in [0.1, 0.15) is 5.82 Å². The van der Waals surface area contributed by atoms with Gasteiger partial charge < -0.3 is 5.32 Å². The Bertz CT molecular complexity index is 897. The molecule has 1 aliphatic rings. The molecule has 1 aliphatic carbocycles. The summed E-state index contributed by atoms with van der Waals surface area (Å²) < 4.78 is 13.1. The highest BCUT2D eigenvalue weighted by Gasteiger charge is 2.44. The Balaban J connectivity index is 1.41.